The Balaban J connectivity index is 1.59. The Hall–Kier alpha value is -2.84. The zero-order valence-electron chi connectivity index (χ0n) is 12.9. The van der Waals surface area contributed by atoms with E-state index in [1.807, 2.05) is 25.1 Å². The lowest BCUT2D eigenvalue weighted by Crippen LogP contribution is -2.31. The van der Waals surface area contributed by atoms with Gasteiger partial charge in [0.2, 0.25) is 5.88 Å². The maximum absolute atomic E-state index is 12.2. The smallest absolute Gasteiger partial charge is 0.323 e. The highest BCUT2D eigenvalue weighted by Crippen LogP contribution is 2.18. The van der Waals surface area contributed by atoms with Crippen LogP contribution in [0, 0.1) is 0 Å². The quantitative estimate of drug-likeness (QED) is 0.812. The molecular weight excluding hydrogens is 300 g/mol. The standard InChI is InChI=1S/C14H18N6O3/c1-19(2)11-3-4-12(18-17-11)23-9-5-6-20(8-9)13(21)10-7-15-14(22)16-10/h3-4,7,9H,5-6,8H2,1-2H3,(H2,15,16,22). The van der Waals surface area contributed by atoms with E-state index in [9.17, 15) is 9.59 Å². The molecular formula is C14H18N6O3. The van der Waals surface area contributed by atoms with E-state index in [-0.39, 0.29) is 17.7 Å². The summed E-state index contributed by atoms with van der Waals surface area (Å²) in [5.74, 6) is 0.963. The van der Waals surface area contributed by atoms with Crippen LogP contribution in [0.25, 0.3) is 0 Å². The minimum atomic E-state index is -0.392. The molecule has 3 heterocycles. The number of ether oxygens (including phenoxy) is 1. The number of nitrogens with one attached hydrogen (secondary N) is 2. The highest BCUT2D eigenvalue weighted by atomic mass is 16.5. The van der Waals surface area contributed by atoms with Gasteiger partial charge in [0.1, 0.15) is 11.8 Å². The number of carbonyl (C=O) groups is 1. The van der Waals surface area contributed by atoms with Gasteiger partial charge in [0.05, 0.1) is 6.54 Å². The molecule has 1 saturated heterocycles. The van der Waals surface area contributed by atoms with Gasteiger partial charge in [-0.2, -0.15) is 0 Å². The molecule has 1 fully saturated rings. The van der Waals surface area contributed by atoms with Crippen LogP contribution in [-0.4, -0.2) is 64.3 Å². The number of aromatic nitrogens is 4. The van der Waals surface area contributed by atoms with Crippen LogP contribution in [-0.2, 0) is 0 Å². The van der Waals surface area contributed by atoms with Crippen LogP contribution in [0.4, 0.5) is 5.82 Å². The molecule has 1 aliphatic heterocycles. The predicted molar refractivity (Wildman–Crippen MR) is 82.7 cm³/mol. The first-order chi connectivity index (χ1) is 11.0. The zero-order chi connectivity index (χ0) is 16.4. The van der Waals surface area contributed by atoms with E-state index < -0.39 is 5.69 Å². The third-order valence-electron chi connectivity index (χ3n) is 3.63. The van der Waals surface area contributed by atoms with Crippen molar-refractivity contribution in [1.29, 1.82) is 0 Å². The average Bonchev–Trinajstić information content (AvgIpc) is 3.16. The Morgan fingerprint density at radius 2 is 2.22 bits per heavy atom. The molecule has 1 unspecified atom stereocenters. The lowest BCUT2D eigenvalue weighted by Gasteiger charge is -2.16. The van der Waals surface area contributed by atoms with E-state index in [4.69, 9.17) is 4.74 Å². The molecule has 1 atom stereocenters. The molecule has 0 aliphatic carbocycles. The maximum atomic E-state index is 12.2. The molecule has 0 aromatic carbocycles. The zero-order valence-corrected chi connectivity index (χ0v) is 12.9. The molecule has 122 valence electrons. The second kappa shape index (κ2) is 6.11. The van der Waals surface area contributed by atoms with Crippen molar-refractivity contribution in [1.82, 2.24) is 25.1 Å². The molecule has 3 rings (SSSR count). The largest absolute Gasteiger partial charge is 0.471 e. The number of imidazole rings is 1. The molecule has 9 heteroatoms. The molecule has 2 aromatic heterocycles. The lowest BCUT2D eigenvalue weighted by molar-refractivity contribution is 0.0765. The lowest BCUT2D eigenvalue weighted by atomic mass is 10.3. The summed E-state index contributed by atoms with van der Waals surface area (Å²) < 4.78 is 5.77. The molecule has 2 aromatic rings. The number of hydrogen-bond acceptors (Lipinski definition) is 6. The first-order valence-electron chi connectivity index (χ1n) is 7.27. The van der Waals surface area contributed by atoms with Crippen LogP contribution in [0.2, 0.25) is 0 Å². The number of likely N-dealkylation sites (tertiary alicyclic amines) is 1. The molecule has 0 bridgehead atoms. The van der Waals surface area contributed by atoms with E-state index in [0.29, 0.717) is 25.4 Å². The Kier molecular flexibility index (Phi) is 4.00. The van der Waals surface area contributed by atoms with Crippen molar-refractivity contribution in [2.45, 2.75) is 12.5 Å². The van der Waals surface area contributed by atoms with Crippen LogP contribution in [0.15, 0.2) is 23.1 Å². The summed E-state index contributed by atoms with van der Waals surface area (Å²) in [7, 11) is 3.77. The summed E-state index contributed by atoms with van der Waals surface area (Å²) >= 11 is 0. The van der Waals surface area contributed by atoms with E-state index in [1.165, 1.54) is 6.20 Å². The number of amides is 1. The number of rotatable bonds is 4. The fourth-order valence-electron chi connectivity index (χ4n) is 2.41. The van der Waals surface area contributed by atoms with Crippen LogP contribution in [0.5, 0.6) is 5.88 Å². The van der Waals surface area contributed by atoms with Gasteiger partial charge < -0.3 is 24.5 Å². The average molecular weight is 318 g/mol. The van der Waals surface area contributed by atoms with Gasteiger partial charge in [-0.05, 0) is 6.07 Å². The molecule has 2 N–H and O–H groups in total. The van der Waals surface area contributed by atoms with Crippen LogP contribution in [0.3, 0.4) is 0 Å². The summed E-state index contributed by atoms with van der Waals surface area (Å²) in [5, 5.41) is 8.08. The van der Waals surface area contributed by atoms with E-state index in [2.05, 4.69) is 20.2 Å². The van der Waals surface area contributed by atoms with Gasteiger partial charge in [0.25, 0.3) is 5.91 Å². The van der Waals surface area contributed by atoms with Gasteiger partial charge in [0, 0.05) is 39.3 Å². The van der Waals surface area contributed by atoms with Crippen molar-refractivity contribution < 1.29 is 9.53 Å². The van der Waals surface area contributed by atoms with E-state index in [1.54, 1.807) is 11.0 Å². The molecule has 9 nitrogen and oxygen atoms in total. The van der Waals surface area contributed by atoms with Crippen LogP contribution < -0.4 is 15.3 Å². The molecule has 23 heavy (non-hydrogen) atoms. The second-order valence-corrected chi connectivity index (χ2v) is 5.56. The van der Waals surface area contributed by atoms with E-state index >= 15 is 0 Å². The number of hydrogen-bond donors (Lipinski definition) is 2. The minimum absolute atomic E-state index is 0.135. The Labute approximate surface area is 132 Å². The highest BCUT2D eigenvalue weighted by molar-refractivity contribution is 5.92. The van der Waals surface area contributed by atoms with Gasteiger partial charge in [-0.25, -0.2) is 4.79 Å². The molecule has 0 saturated carbocycles. The monoisotopic (exact) mass is 318 g/mol. The molecule has 1 amide bonds. The fraction of sp³-hybridized carbons (Fsp3) is 0.429. The third kappa shape index (κ3) is 3.33. The van der Waals surface area contributed by atoms with Gasteiger partial charge in [-0.15, -0.1) is 10.2 Å². The van der Waals surface area contributed by atoms with Crippen molar-refractivity contribution in [3.8, 4) is 5.88 Å². The summed E-state index contributed by atoms with van der Waals surface area (Å²) in [6, 6.07) is 3.58. The van der Waals surface area contributed by atoms with Gasteiger partial charge in [-0.1, -0.05) is 0 Å². The number of carbonyl (C=O) groups excluding carboxylic acids is 1. The van der Waals surface area contributed by atoms with E-state index in [0.717, 1.165) is 5.82 Å². The van der Waals surface area contributed by atoms with Gasteiger partial charge >= 0.3 is 5.69 Å². The molecule has 1 aliphatic rings. The maximum Gasteiger partial charge on any atom is 0.323 e. The number of H-pyrrole nitrogens is 2. The number of aromatic amines is 2. The summed E-state index contributed by atoms with van der Waals surface area (Å²) in [6.07, 6.45) is 1.95. The summed E-state index contributed by atoms with van der Waals surface area (Å²) in [4.78, 5) is 31.7. The second-order valence-electron chi connectivity index (χ2n) is 5.56. The van der Waals surface area contributed by atoms with Crippen molar-refractivity contribution in [2.24, 2.45) is 0 Å². The van der Waals surface area contributed by atoms with Crippen molar-refractivity contribution in [2.75, 3.05) is 32.1 Å². The van der Waals surface area contributed by atoms with Crippen molar-refractivity contribution >= 4 is 11.7 Å². The first kappa shape index (κ1) is 15.1. The van der Waals surface area contributed by atoms with Crippen LogP contribution >= 0.6 is 0 Å². The number of anilines is 1. The number of nitrogens with zero attached hydrogens (tertiary/aromatic N) is 4. The molecule has 0 spiro atoms. The van der Waals surface area contributed by atoms with Crippen molar-refractivity contribution in [3.05, 3.63) is 34.5 Å². The Morgan fingerprint density at radius 1 is 1.39 bits per heavy atom. The Morgan fingerprint density at radius 3 is 2.83 bits per heavy atom. The van der Waals surface area contributed by atoms with Gasteiger partial charge in [0.15, 0.2) is 5.82 Å². The third-order valence-corrected chi connectivity index (χ3v) is 3.63. The molecule has 0 radical (unpaired) electrons. The van der Waals surface area contributed by atoms with Crippen LogP contribution in [0.1, 0.15) is 16.9 Å². The summed E-state index contributed by atoms with van der Waals surface area (Å²) in [6.45, 7) is 1.02. The van der Waals surface area contributed by atoms with Gasteiger partial charge in [-0.3, -0.25) is 4.79 Å². The Bertz CT molecular complexity index is 735. The highest BCUT2D eigenvalue weighted by Gasteiger charge is 2.29. The minimum Gasteiger partial charge on any atom is -0.471 e. The summed E-state index contributed by atoms with van der Waals surface area (Å²) in [5.41, 5.74) is -0.137. The first-order valence-corrected chi connectivity index (χ1v) is 7.27. The van der Waals surface area contributed by atoms with Crippen molar-refractivity contribution in [3.63, 3.8) is 0 Å². The fourth-order valence-corrected chi connectivity index (χ4v) is 2.41. The topological polar surface area (TPSA) is 107 Å². The SMILES string of the molecule is CN(C)c1ccc(OC2CCN(C(=O)c3c[nH]c(=O)[nH]3)C2)nn1. The normalized spacial score (nSPS) is 17.3. The predicted octanol–water partition coefficient (Wildman–Crippen LogP) is -0.147.